The zero-order valence-corrected chi connectivity index (χ0v) is 9.75. The minimum Gasteiger partial charge on any atom is -0.299 e. The van der Waals surface area contributed by atoms with Crippen molar-refractivity contribution in [2.45, 2.75) is 38.8 Å². The molecule has 0 spiro atoms. The molecule has 80 valence electrons. The second-order valence-corrected chi connectivity index (χ2v) is 4.76. The van der Waals surface area contributed by atoms with Crippen LogP contribution >= 0.6 is 0 Å². The Kier molecular flexibility index (Phi) is 3.52. The van der Waals surface area contributed by atoms with Gasteiger partial charge < -0.3 is 0 Å². The van der Waals surface area contributed by atoms with Crippen molar-refractivity contribution in [3.8, 4) is 6.07 Å². The van der Waals surface area contributed by atoms with Crippen LogP contribution in [-0.4, -0.2) is 48.1 Å². The molecule has 0 amide bonds. The number of nitriles is 1. The number of hydrogen-bond donors (Lipinski definition) is 0. The van der Waals surface area contributed by atoms with Gasteiger partial charge in [-0.05, 0) is 27.3 Å². The molecular weight excluding hydrogens is 174 g/mol. The first-order valence-corrected chi connectivity index (χ1v) is 5.36. The van der Waals surface area contributed by atoms with Gasteiger partial charge in [0.15, 0.2) is 0 Å². The lowest BCUT2D eigenvalue weighted by Gasteiger charge is -2.46. The van der Waals surface area contributed by atoms with E-state index in [1.807, 2.05) is 0 Å². The molecule has 1 rings (SSSR count). The van der Waals surface area contributed by atoms with Gasteiger partial charge in [-0.3, -0.25) is 9.80 Å². The molecule has 0 aromatic rings. The van der Waals surface area contributed by atoms with Gasteiger partial charge >= 0.3 is 0 Å². The molecule has 0 N–H and O–H groups in total. The molecule has 3 nitrogen and oxygen atoms in total. The first-order chi connectivity index (χ1) is 6.51. The first-order valence-electron chi connectivity index (χ1n) is 5.36. The largest absolute Gasteiger partial charge is 0.299 e. The highest BCUT2D eigenvalue weighted by molar-refractivity contribution is 4.97. The van der Waals surface area contributed by atoms with Crippen LogP contribution in [0.2, 0.25) is 0 Å². The van der Waals surface area contributed by atoms with Crippen LogP contribution in [0.25, 0.3) is 0 Å². The third-order valence-electron chi connectivity index (χ3n) is 3.32. The topological polar surface area (TPSA) is 30.3 Å². The monoisotopic (exact) mass is 195 g/mol. The molecule has 0 saturated carbocycles. The number of nitrogens with zero attached hydrogens (tertiary/aromatic N) is 3. The van der Waals surface area contributed by atoms with Crippen molar-refractivity contribution in [2.75, 3.05) is 26.7 Å². The van der Waals surface area contributed by atoms with E-state index in [1.165, 1.54) is 0 Å². The Morgan fingerprint density at radius 1 is 1.43 bits per heavy atom. The lowest BCUT2D eigenvalue weighted by Crippen LogP contribution is -2.59. The Hall–Kier alpha value is -0.590. The van der Waals surface area contributed by atoms with E-state index in [0.717, 1.165) is 26.1 Å². The van der Waals surface area contributed by atoms with Gasteiger partial charge in [0.1, 0.15) is 0 Å². The molecule has 0 aliphatic carbocycles. The molecule has 1 unspecified atom stereocenters. The summed E-state index contributed by atoms with van der Waals surface area (Å²) in [6.45, 7) is 9.64. The van der Waals surface area contributed by atoms with Gasteiger partial charge in [0.2, 0.25) is 0 Å². The normalized spacial score (nSPS) is 25.6. The van der Waals surface area contributed by atoms with Crippen LogP contribution < -0.4 is 0 Å². The Morgan fingerprint density at radius 3 is 2.50 bits per heavy atom. The fourth-order valence-electron chi connectivity index (χ4n) is 1.98. The molecule has 1 saturated heterocycles. The highest BCUT2D eigenvalue weighted by Gasteiger charge is 2.33. The van der Waals surface area contributed by atoms with E-state index in [9.17, 15) is 0 Å². The van der Waals surface area contributed by atoms with Crippen molar-refractivity contribution in [3.63, 3.8) is 0 Å². The van der Waals surface area contributed by atoms with Gasteiger partial charge in [0, 0.05) is 25.2 Å². The SMILES string of the molecule is CCC(C#N)N1CCN(C)C(C)(C)C1. The molecule has 3 heteroatoms. The highest BCUT2D eigenvalue weighted by Crippen LogP contribution is 2.20. The van der Waals surface area contributed by atoms with Crippen molar-refractivity contribution in [1.82, 2.24) is 9.80 Å². The van der Waals surface area contributed by atoms with Gasteiger partial charge in [-0.25, -0.2) is 0 Å². The maximum atomic E-state index is 9.01. The second kappa shape index (κ2) is 4.29. The standard InChI is InChI=1S/C11H21N3/c1-5-10(8-12)14-7-6-13(4)11(2,3)9-14/h10H,5-7,9H2,1-4H3. The van der Waals surface area contributed by atoms with Gasteiger partial charge in [0.05, 0.1) is 12.1 Å². The Balaban J connectivity index is 2.64. The Bertz CT molecular complexity index is 229. The molecule has 0 radical (unpaired) electrons. The molecular formula is C11H21N3. The van der Waals surface area contributed by atoms with Crippen LogP contribution in [0.5, 0.6) is 0 Å². The van der Waals surface area contributed by atoms with E-state index in [2.05, 4.69) is 43.7 Å². The van der Waals surface area contributed by atoms with E-state index in [0.29, 0.717) is 0 Å². The van der Waals surface area contributed by atoms with E-state index < -0.39 is 0 Å². The van der Waals surface area contributed by atoms with Crippen molar-refractivity contribution < 1.29 is 0 Å². The van der Waals surface area contributed by atoms with E-state index in [-0.39, 0.29) is 11.6 Å². The molecule has 1 fully saturated rings. The third kappa shape index (κ3) is 2.26. The van der Waals surface area contributed by atoms with Crippen molar-refractivity contribution >= 4 is 0 Å². The minimum absolute atomic E-state index is 0.1000. The van der Waals surface area contributed by atoms with Crippen molar-refractivity contribution in [3.05, 3.63) is 0 Å². The van der Waals surface area contributed by atoms with Gasteiger partial charge in [-0.1, -0.05) is 6.92 Å². The quantitative estimate of drug-likeness (QED) is 0.665. The maximum absolute atomic E-state index is 9.01. The lowest BCUT2D eigenvalue weighted by molar-refractivity contribution is 0.0273. The number of piperazine rings is 1. The summed E-state index contributed by atoms with van der Waals surface area (Å²) in [4.78, 5) is 4.67. The molecule has 0 aromatic carbocycles. The van der Waals surface area contributed by atoms with E-state index >= 15 is 0 Å². The van der Waals surface area contributed by atoms with Crippen molar-refractivity contribution in [2.24, 2.45) is 0 Å². The lowest BCUT2D eigenvalue weighted by atomic mass is 9.98. The first kappa shape index (κ1) is 11.5. The maximum Gasteiger partial charge on any atom is 0.0976 e. The molecule has 1 aliphatic rings. The summed E-state index contributed by atoms with van der Waals surface area (Å²) in [5.41, 5.74) is 0.197. The van der Waals surface area contributed by atoms with Crippen LogP contribution in [0, 0.1) is 11.3 Å². The van der Waals surface area contributed by atoms with Crippen molar-refractivity contribution in [1.29, 1.82) is 5.26 Å². The van der Waals surface area contributed by atoms with Crippen LogP contribution in [0.15, 0.2) is 0 Å². The molecule has 1 atom stereocenters. The predicted molar refractivity (Wildman–Crippen MR) is 58.0 cm³/mol. The predicted octanol–water partition coefficient (Wildman–Crippen LogP) is 1.31. The molecule has 1 heterocycles. The highest BCUT2D eigenvalue weighted by atomic mass is 15.3. The number of rotatable bonds is 2. The summed E-state index contributed by atoms with van der Waals surface area (Å²) in [6, 6.07) is 2.48. The molecule has 0 bridgehead atoms. The number of hydrogen-bond acceptors (Lipinski definition) is 3. The smallest absolute Gasteiger partial charge is 0.0976 e. The Labute approximate surface area is 87.3 Å². The van der Waals surface area contributed by atoms with E-state index in [4.69, 9.17) is 5.26 Å². The minimum atomic E-state index is 0.1000. The molecule has 1 aliphatic heterocycles. The average Bonchev–Trinajstić information content (AvgIpc) is 2.13. The van der Waals surface area contributed by atoms with Crippen LogP contribution in [0.1, 0.15) is 27.2 Å². The third-order valence-corrected chi connectivity index (χ3v) is 3.32. The summed E-state index contributed by atoms with van der Waals surface area (Å²) < 4.78 is 0. The molecule has 0 aromatic heterocycles. The fourth-order valence-corrected chi connectivity index (χ4v) is 1.98. The average molecular weight is 195 g/mol. The van der Waals surface area contributed by atoms with Crippen LogP contribution in [0.4, 0.5) is 0 Å². The fraction of sp³-hybridized carbons (Fsp3) is 0.909. The summed E-state index contributed by atoms with van der Waals surface area (Å²) in [5.74, 6) is 0. The van der Waals surface area contributed by atoms with E-state index in [1.54, 1.807) is 0 Å². The Morgan fingerprint density at radius 2 is 2.07 bits per heavy atom. The zero-order chi connectivity index (χ0) is 10.8. The zero-order valence-electron chi connectivity index (χ0n) is 9.75. The summed E-state index contributed by atoms with van der Waals surface area (Å²) in [5, 5.41) is 9.01. The van der Waals surface area contributed by atoms with Crippen LogP contribution in [0.3, 0.4) is 0 Å². The summed E-state index contributed by atoms with van der Waals surface area (Å²) in [6.07, 6.45) is 0.927. The molecule has 14 heavy (non-hydrogen) atoms. The summed E-state index contributed by atoms with van der Waals surface area (Å²) >= 11 is 0. The van der Waals surface area contributed by atoms with Gasteiger partial charge in [-0.2, -0.15) is 5.26 Å². The van der Waals surface area contributed by atoms with Gasteiger partial charge in [0.25, 0.3) is 0 Å². The number of likely N-dealkylation sites (N-methyl/N-ethyl adjacent to an activating group) is 1. The summed E-state index contributed by atoms with van der Waals surface area (Å²) in [7, 11) is 2.16. The second-order valence-electron chi connectivity index (χ2n) is 4.76. The van der Waals surface area contributed by atoms with Gasteiger partial charge in [-0.15, -0.1) is 0 Å². The van der Waals surface area contributed by atoms with Crippen LogP contribution in [-0.2, 0) is 0 Å².